The number of hydrogen-bond donors (Lipinski definition) is 0. The summed E-state index contributed by atoms with van der Waals surface area (Å²) >= 11 is -2.92. The fourth-order valence-electron chi connectivity index (χ4n) is 3.60. The van der Waals surface area contributed by atoms with Crippen molar-refractivity contribution in [1.29, 1.82) is 0 Å². The standard InChI is InChI=1S/4C7H6.Ti/c4*1-7-5-3-2-4-6-7;/h4*1-6H;. The van der Waals surface area contributed by atoms with Crippen LogP contribution in [-0.4, -0.2) is 17.3 Å². The van der Waals surface area contributed by atoms with Crippen molar-refractivity contribution in [2.75, 3.05) is 0 Å². The molecule has 0 heterocycles. The van der Waals surface area contributed by atoms with Crippen LogP contribution in [0.5, 0.6) is 0 Å². The molecule has 140 valence electrons. The van der Waals surface area contributed by atoms with Crippen molar-refractivity contribution in [3.63, 3.8) is 0 Å². The molecule has 4 aromatic rings. The van der Waals surface area contributed by atoms with E-state index in [0.717, 1.165) is 0 Å². The predicted molar refractivity (Wildman–Crippen MR) is 126 cm³/mol. The first kappa shape index (κ1) is 19.4. The summed E-state index contributed by atoms with van der Waals surface area (Å²) in [7, 11) is 0. The van der Waals surface area contributed by atoms with Crippen molar-refractivity contribution < 1.29 is 14.7 Å². The molecule has 0 fully saturated rings. The van der Waals surface area contributed by atoms with Gasteiger partial charge >= 0.3 is 176 Å². The molecule has 0 N–H and O–H groups in total. The topological polar surface area (TPSA) is 0 Å². The van der Waals surface area contributed by atoms with Crippen molar-refractivity contribution in [2.24, 2.45) is 0 Å². The summed E-state index contributed by atoms with van der Waals surface area (Å²) in [6.07, 6.45) is 0. The second-order valence-corrected chi connectivity index (χ2v) is 12.1. The van der Waals surface area contributed by atoms with Crippen LogP contribution in [-0.2, 0) is 14.7 Å². The fourth-order valence-corrected chi connectivity index (χ4v) is 9.19. The van der Waals surface area contributed by atoms with Crippen LogP contribution < -0.4 is 0 Å². The number of hydrogen-bond acceptors (Lipinski definition) is 0. The summed E-state index contributed by atoms with van der Waals surface area (Å²) in [6.45, 7) is 0. The number of rotatable bonds is 4. The molecular weight excluding hydrogens is 384 g/mol. The molecule has 0 bridgehead atoms. The van der Waals surface area contributed by atoms with E-state index in [1.165, 1.54) is 22.3 Å². The first-order valence-electron chi connectivity index (χ1n) is 9.95. The molecule has 0 nitrogen and oxygen atoms in total. The van der Waals surface area contributed by atoms with Crippen LogP contribution in [0.4, 0.5) is 0 Å². The van der Waals surface area contributed by atoms with Gasteiger partial charge < -0.3 is 0 Å². The van der Waals surface area contributed by atoms with Crippen LogP contribution in [0.1, 0.15) is 22.3 Å². The molecule has 0 aliphatic carbocycles. The van der Waals surface area contributed by atoms with Gasteiger partial charge in [-0.25, -0.2) is 0 Å². The monoisotopic (exact) mass is 408 g/mol. The van der Waals surface area contributed by atoms with Gasteiger partial charge in [-0.05, 0) is 0 Å². The summed E-state index contributed by atoms with van der Waals surface area (Å²) in [6, 6.07) is 42.9. The average molecular weight is 408 g/mol. The van der Waals surface area contributed by atoms with Gasteiger partial charge in [-0.1, -0.05) is 0 Å². The second kappa shape index (κ2) is 9.52. The maximum atomic E-state index is 2.52. The van der Waals surface area contributed by atoms with Gasteiger partial charge in [-0.3, -0.25) is 0 Å². The third-order valence-electron chi connectivity index (χ3n) is 4.86. The van der Waals surface area contributed by atoms with Gasteiger partial charge in [0.25, 0.3) is 0 Å². The molecule has 0 amide bonds. The third-order valence-corrected chi connectivity index (χ3v) is 10.1. The van der Waals surface area contributed by atoms with E-state index < -0.39 is 14.7 Å². The molecule has 0 spiro atoms. The van der Waals surface area contributed by atoms with E-state index in [1.807, 2.05) is 0 Å². The molecule has 0 saturated heterocycles. The van der Waals surface area contributed by atoms with Gasteiger partial charge in [0, 0.05) is 0 Å². The Hall–Kier alpha value is -2.93. The number of benzene rings is 4. The van der Waals surface area contributed by atoms with Crippen LogP contribution in [0.25, 0.3) is 0 Å². The van der Waals surface area contributed by atoms with Crippen LogP contribution in [0.15, 0.2) is 121 Å². The van der Waals surface area contributed by atoms with E-state index >= 15 is 0 Å². The first-order chi connectivity index (χ1) is 14.3. The maximum absolute atomic E-state index is 2.92. The Morgan fingerprint density at radius 1 is 0.310 bits per heavy atom. The summed E-state index contributed by atoms with van der Waals surface area (Å²) < 4.78 is 10.1. The minimum absolute atomic E-state index is 1.28. The summed E-state index contributed by atoms with van der Waals surface area (Å²) in [5.41, 5.74) is 5.11. The predicted octanol–water partition coefficient (Wildman–Crippen LogP) is 5.54. The Labute approximate surface area is 175 Å². The van der Waals surface area contributed by atoms with Gasteiger partial charge in [0.1, 0.15) is 0 Å². The molecule has 0 aromatic heterocycles. The summed E-state index contributed by atoms with van der Waals surface area (Å²) in [5, 5.41) is 0. The van der Waals surface area contributed by atoms with Crippen LogP contribution in [0.3, 0.4) is 0 Å². The van der Waals surface area contributed by atoms with Gasteiger partial charge in [0.15, 0.2) is 0 Å². The molecule has 29 heavy (non-hydrogen) atoms. The molecular formula is C28H24Ti. The minimum atomic E-state index is -2.92. The molecule has 0 saturated carbocycles. The normalized spacial score (nSPS) is 9.66. The van der Waals surface area contributed by atoms with Gasteiger partial charge in [0.05, 0.1) is 0 Å². The fraction of sp³-hybridized carbons (Fsp3) is 0. The molecule has 0 unspecified atom stereocenters. The van der Waals surface area contributed by atoms with Crippen LogP contribution in [0.2, 0.25) is 0 Å². The Morgan fingerprint density at radius 3 is 0.724 bits per heavy atom. The van der Waals surface area contributed by atoms with Crippen molar-refractivity contribution in [1.82, 2.24) is 0 Å². The molecule has 0 aliphatic heterocycles. The van der Waals surface area contributed by atoms with Gasteiger partial charge in [0.2, 0.25) is 0 Å². The molecule has 0 aliphatic rings. The van der Waals surface area contributed by atoms with Crippen molar-refractivity contribution in [3.05, 3.63) is 144 Å². The molecule has 1 heteroatoms. The molecule has 4 aromatic carbocycles. The van der Waals surface area contributed by atoms with E-state index in [9.17, 15) is 0 Å². The SMILES string of the molecule is [CH](c1ccccc1)=[Ti](=[CH]c1ccccc1)(=[CH]c1ccccc1)=[CH]c1ccccc1. The van der Waals surface area contributed by atoms with E-state index in [0.29, 0.717) is 0 Å². The van der Waals surface area contributed by atoms with Crippen LogP contribution >= 0.6 is 0 Å². The Bertz CT molecular complexity index is 1110. The van der Waals surface area contributed by atoms with E-state index in [4.69, 9.17) is 0 Å². The zero-order chi connectivity index (χ0) is 19.8. The van der Waals surface area contributed by atoms with Crippen molar-refractivity contribution >= 4 is 17.3 Å². The Kier molecular flexibility index (Phi) is 6.37. The zero-order valence-electron chi connectivity index (χ0n) is 16.4. The first-order valence-corrected chi connectivity index (χ1v) is 13.6. The Balaban J connectivity index is 2.15. The van der Waals surface area contributed by atoms with E-state index in [-0.39, 0.29) is 0 Å². The summed E-state index contributed by atoms with van der Waals surface area (Å²) in [5.74, 6) is 0. The average Bonchev–Trinajstić information content (AvgIpc) is 2.76. The summed E-state index contributed by atoms with van der Waals surface area (Å²) in [4.78, 5) is 0. The van der Waals surface area contributed by atoms with Crippen molar-refractivity contribution in [3.8, 4) is 0 Å². The van der Waals surface area contributed by atoms with Gasteiger partial charge in [-0.15, -0.1) is 0 Å². The third kappa shape index (κ3) is 5.54. The van der Waals surface area contributed by atoms with E-state index in [2.05, 4.69) is 139 Å². The second-order valence-electron chi connectivity index (χ2n) is 7.22. The van der Waals surface area contributed by atoms with Gasteiger partial charge in [-0.2, -0.15) is 0 Å². The molecule has 4 rings (SSSR count). The molecule has 0 atom stereocenters. The van der Waals surface area contributed by atoms with Crippen LogP contribution in [0, 0.1) is 0 Å². The van der Waals surface area contributed by atoms with Crippen molar-refractivity contribution in [2.45, 2.75) is 0 Å². The molecule has 0 radical (unpaired) electrons. The Morgan fingerprint density at radius 2 is 0.517 bits per heavy atom. The zero-order valence-corrected chi connectivity index (χ0v) is 17.9. The van der Waals surface area contributed by atoms with E-state index in [1.54, 1.807) is 0 Å². The quantitative estimate of drug-likeness (QED) is 0.389.